The van der Waals surface area contributed by atoms with Crippen molar-refractivity contribution in [3.8, 4) is 0 Å². The molecule has 4 aliphatic rings. The Morgan fingerprint density at radius 3 is 1.92 bits per heavy atom. The Kier molecular flexibility index (Phi) is 7.35. The van der Waals surface area contributed by atoms with Gasteiger partial charge in [-0.15, -0.1) is 0 Å². The lowest BCUT2D eigenvalue weighted by Gasteiger charge is -2.20. The van der Waals surface area contributed by atoms with E-state index < -0.39 is 0 Å². The molecule has 0 amide bonds. The van der Waals surface area contributed by atoms with Gasteiger partial charge < -0.3 is 14.5 Å². The van der Waals surface area contributed by atoms with E-state index in [9.17, 15) is 4.79 Å². The number of aromatic nitrogens is 4. The maximum absolute atomic E-state index is 11.7. The van der Waals surface area contributed by atoms with E-state index in [-0.39, 0.29) is 5.97 Å². The summed E-state index contributed by atoms with van der Waals surface area (Å²) >= 11 is 3.48. The number of carbonyl (C=O) groups is 1. The summed E-state index contributed by atoms with van der Waals surface area (Å²) < 4.78 is 6.74. The number of alkyl halides is 1. The van der Waals surface area contributed by atoms with Gasteiger partial charge in [-0.3, -0.25) is 4.68 Å². The number of nitrogens with zero attached hydrogens (tertiary/aromatic N) is 6. The van der Waals surface area contributed by atoms with Gasteiger partial charge in [-0.1, -0.05) is 15.9 Å². The highest BCUT2D eigenvalue weighted by Crippen LogP contribution is 2.46. The van der Waals surface area contributed by atoms with E-state index in [2.05, 4.69) is 66.8 Å². The maximum atomic E-state index is 11.7. The van der Waals surface area contributed by atoms with E-state index in [1.807, 2.05) is 12.4 Å². The third kappa shape index (κ3) is 5.83. The summed E-state index contributed by atoms with van der Waals surface area (Å²) in [6.45, 7) is 11.8. The van der Waals surface area contributed by atoms with Crippen LogP contribution in [0, 0.1) is 37.5 Å². The summed E-state index contributed by atoms with van der Waals surface area (Å²) in [5, 5.41) is 5.15. The van der Waals surface area contributed by atoms with Gasteiger partial charge in [0.25, 0.3) is 0 Å². The predicted octanol–water partition coefficient (Wildman–Crippen LogP) is 5.01. The molecule has 206 valence electrons. The Bertz CT molecular complexity index is 1340. The fourth-order valence-corrected chi connectivity index (χ4v) is 6.49. The first-order valence-electron chi connectivity index (χ1n) is 14.1. The van der Waals surface area contributed by atoms with Crippen LogP contribution < -0.4 is 9.80 Å². The summed E-state index contributed by atoms with van der Waals surface area (Å²) in [5.74, 6) is 5.67. The van der Waals surface area contributed by atoms with Gasteiger partial charge in [-0.05, 0) is 91.7 Å². The molecule has 2 aliphatic heterocycles. The minimum absolute atomic E-state index is 0.332. The molecule has 3 aromatic heterocycles. The van der Waals surface area contributed by atoms with Gasteiger partial charge in [0.1, 0.15) is 11.6 Å². The SMILES string of the molecule is CCOC(=O)c1cnn(Cc2cnc(N3CC4CC4C3)cc2C)c1.Cc1cc(N2CC3CC3C2)ncc1CBr. The van der Waals surface area contributed by atoms with Crippen molar-refractivity contribution in [2.45, 2.75) is 45.5 Å². The minimum Gasteiger partial charge on any atom is -0.462 e. The molecular weight excluding hydrogens is 556 g/mol. The van der Waals surface area contributed by atoms with Gasteiger partial charge in [0.05, 0.1) is 24.9 Å². The number of pyridine rings is 2. The minimum atomic E-state index is -0.332. The molecule has 0 bridgehead atoms. The van der Waals surface area contributed by atoms with Crippen LogP contribution in [0.3, 0.4) is 0 Å². The third-order valence-corrected chi connectivity index (χ3v) is 9.24. The van der Waals surface area contributed by atoms with Gasteiger partial charge in [0, 0.05) is 50.1 Å². The lowest BCUT2D eigenvalue weighted by molar-refractivity contribution is 0.0526. The molecule has 5 heterocycles. The first-order chi connectivity index (χ1) is 18.9. The summed E-state index contributed by atoms with van der Waals surface area (Å²) in [6, 6.07) is 4.39. The van der Waals surface area contributed by atoms with Gasteiger partial charge in [-0.2, -0.15) is 5.10 Å². The number of ether oxygens (including phenoxy) is 1. The topological polar surface area (TPSA) is 76.4 Å². The second-order valence-corrected chi connectivity index (χ2v) is 12.1. The number of halogens is 1. The first-order valence-corrected chi connectivity index (χ1v) is 15.2. The molecule has 2 aliphatic carbocycles. The summed E-state index contributed by atoms with van der Waals surface area (Å²) in [4.78, 5) is 25.7. The fraction of sp³-hybridized carbons (Fsp3) is 0.533. The van der Waals surface area contributed by atoms with Crippen molar-refractivity contribution in [2.75, 3.05) is 42.6 Å². The van der Waals surface area contributed by atoms with E-state index in [1.54, 1.807) is 24.0 Å². The standard InChI is InChI=1S/C18H22N4O2.C12H15BrN2/c1-3-24-18(23)16-7-20-22(11-16)10-15-6-19-17(4-12(15)2)21-8-13-5-14(13)9-21;1-8-2-12(14-5-11(8)4-13)15-6-9-3-10(9)7-15/h4,6-7,11,13-14H,3,5,8-10H2,1-2H3;2,5,9-10H,3-4,6-7H2,1H3. The van der Waals surface area contributed by atoms with Crippen molar-refractivity contribution < 1.29 is 9.53 Å². The molecule has 9 heteroatoms. The Labute approximate surface area is 238 Å². The van der Waals surface area contributed by atoms with Crippen LogP contribution in [0.2, 0.25) is 0 Å². The molecule has 7 rings (SSSR count). The maximum Gasteiger partial charge on any atom is 0.341 e. The van der Waals surface area contributed by atoms with Crippen LogP contribution in [-0.2, 0) is 16.6 Å². The second kappa shape index (κ2) is 10.9. The fourth-order valence-electron chi connectivity index (χ4n) is 5.91. The van der Waals surface area contributed by atoms with Crippen molar-refractivity contribution in [3.05, 3.63) is 64.7 Å². The van der Waals surface area contributed by atoms with Crippen LogP contribution in [0.5, 0.6) is 0 Å². The highest BCUT2D eigenvalue weighted by Gasteiger charge is 2.46. The molecule has 0 N–H and O–H groups in total. The monoisotopic (exact) mass is 592 g/mol. The van der Waals surface area contributed by atoms with Crippen LogP contribution in [0.1, 0.15) is 52.4 Å². The molecular formula is C30H37BrN6O2. The van der Waals surface area contributed by atoms with Crippen LogP contribution in [-0.4, -0.2) is 58.5 Å². The summed E-state index contributed by atoms with van der Waals surface area (Å²) in [5.41, 5.74) is 5.44. The number of carbonyl (C=O) groups excluding carboxylic acids is 1. The molecule has 0 spiro atoms. The smallest absolute Gasteiger partial charge is 0.341 e. The molecule has 4 unspecified atom stereocenters. The van der Waals surface area contributed by atoms with E-state index >= 15 is 0 Å². The number of fused-ring (bicyclic) bond motifs is 2. The van der Waals surface area contributed by atoms with Gasteiger partial charge >= 0.3 is 5.97 Å². The third-order valence-electron chi connectivity index (χ3n) is 8.64. The van der Waals surface area contributed by atoms with E-state index in [1.165, 1.54) is 48.4 Å². The van der Waals surface area contributed by atoms with Gasteiger partial charge in [0.15, 0.2) is 0 Å². The average Bonchev–Trinajstić information content (AvgIpc) is 3.63. The lowest BCUT2D eigenvalue weighted by Crippen LogP contribution is -2.23. The van der Waals surface area contributed by atoms with Crippen molar-refractivity contribution in [1.82, 2.24) is 19.7 Å². The number of rotatable bonds is 7. The van der Waals surface area contributed by atoms with E-state index in [0.717, 1.165) is 53.5 Å². The zero-order valence-electron chi connectivity index (χ0n) is 23.0. The quantitative estimate of drug-likeness (QED) is 0.282. The van der Waals surface area contributed by atoms with E-state index in [0.29, 0.717) is 18.7 Å². The van der Waals surface area contributed by atoms with Crippen molar-refractivity contribution in [1.29, 1.82) is 0 Å². The van der Waals surface area contributed by atoms with Crippen molar-refractivity contribution in [3.63, 3.8) is 0 Å². The van der Waals surface area contributed by atoms with Crippen LogP contribution in [0.15, 0.2) is 36.9 Å². The molecule has 0 radical (unpaired) electrons. The number of hydrogen-bond donors (Lipinski definition) is 0. The molecule has 2 saturated heterocycles. The zero-order chi connectivity index (χ0) is 27.1. The number of piperidine rings is 2. The summed E-state index contributed by atoms with van der Waals surface area (Å²) in [7, 11) is 0. The molecule has 4 fully saturated rings. The average molecular weight is 594 g/mol. The largest absolute Gasteiger partial charge is 0.462 e. The Morgan fingerprint density at radius 1 is 0.897 bits per heavy atom. The Morgan fingerprint density at radius 2 is 1.44 bits per heavy atom. The Balaban J connectivity index is 0.000000158. The molecule has 3 aromatic rings. The molecule has 8 nitrogen and oxygen atoms in total. The van der Waals surface area contributed by atoms with Gasteiger partial charge in [0.2, 0.25) is 0 Å². The molecule has 2 saturated carbocycles. The lowest BCUT2D eigenvalue weighted by atomic mass is 10.1. The number of anilines is 2. The highest BCUT2D eigenvalue weighted by atomic mass is 79.9. The Hall–Kier alpha value is -2.94. The van der Waals surface area contributed by atoms with Crippen LogP contribution in [0.4, 0.5) is 11.6 Å². The molecule has 39 heavy (non-hydrogen) atoms. The van der Waals surface area contributed by atoms with Crippen molar-refractivity contribution >= 4 is 33.5 Å². The second-order valence-electron chi connectivity index (χ2n) is 11.5. The van der Waals surface area contributed by atoms with Crippen LogP contribution in [0.25, 0.3) is 0 Å². The van der Waals surface area contributed by atoms with E-state index in [4.69, 9.17) is 4.74 Å². The highest BCUT2D eigenvalue weighted by molar-refractivity contribution is 9.08. The number of esters is 1. The number of hydrogen-bond acceptors (Lipinski definition) is 7. The molecule has 4 atom stereocenters. The van der Waals surface area contributed by atoms with Crippen LogP contribution >= 0.6 is 15.9 Å². The van der Waals surface area contributed by atoms with Gasteiger partial charge in [-0.25, -0.2) is 14.8 Å². The zero-order valence-corrected chi connectivity index (χ0v) is 24.6. The summed E-state index contributed by atoms with van der Waals surface area (Å²) in [6.07, 6.45) is 10.1. The van der Waals surface area contributed by atoms with Crippen molar-refractivity contribution in [2.24, 2.45) is 23.7 Å². The normalized spacial score (nSPS) is 24.1. The molecule has 0 aromatic carbocycles. The number of aryl methyl sites for hydroxylation is 2. The first kappa shape index (κ1) is 26.3. The predicted molar refractivity (Wildman–Crippen MR) is 155 cm³/mol.